The Kier molecular flexibility index (Phi) is 4.49. The Morgan fingerprint density at radius 1 is 1.17 bits per heavy atom. The number of hydrogen-bond donors (Lipinski definition) is 0. The quantitative estimate of drug-likeness (QED) is 0.800. The second kappa shape index (κ2) is 6.34. The summed E-state index contributed by atoms with van der Waals surface area (Å²) in [6.45, 7) is 4.18. The van der Waals surface area contributed by atoms with Crippen molar-refractivity contribution in [3.63, 3.8) is 0 Å². The zero-order chi connectivity index (χ0) is 17.0. The molecular weight excluding hydrogens is 286 g/mol. The van der Waals surface area contributed by atoms with Crippen LogP contribution in [0.15, 0.2) is 40.7 Å². The highest BCUT2D eigenvalue weighted by Crippen LogP contribution is 2.48. The van der Waals surface area contributed by atoms with E-state index in [-0.39, 0.29) is 17.5 Å². The van der Waals surface area contributed by atoms with Crippen molar-refractivity contribution in [2.75, 3.05) is 11.9 Å². The maximum atomic E-state index is 9.01. The number of anilines is 1. The van der Waals surface area contributed by atoms with Crippen molar-refractivity contribution in [3.05, 3.63) is 41.2 Å². The summed E-state index contributed by atoms with van der Waals surface area (Å²) in [5.74, 6) is 0. The molecule has 0 spiro atoms. The molecule has 0 amide bonds. The van der Waals surface area contributed by atoms with Gasteiger partial charge in [-0.25, -0.2) is 4.99 Å². The van der Waals surface area contributed by atoms with E-state index in [1.807, 2.05) is 30.1 Å². The summed E-state index contributed by atoms with van der Waals surface area (Å²) < 4.78 is 0. The van der Waals surface area contributed by atoms with Crippen LogP contribution in [0.1, 0.15) is 32.3 Å². The molecule has 0 radical (unpaired) electrons. The maximum Gasteiger partial charge on any atom is 0.218 e. The van der Waals surface area contributed by atoms with E-state index in [9.17, 15) is 0 Å². The summed E-state index contributed by atoms with van der Waals surface area (Å²) in [5, 5.41) is 26.9. The highest BCUT2D eigenvalue weighted by Gasteiger charge is 2.40. The number of aliphatic imine (C=N–C) groups is 1. The van der Waals surface area contributed by atoms with Crippen LogP contribution in [-0.2, 0) is 5.41 Å². The Balaban J connectivity index is 2.69. The first kappa shape index (κ1) is 16.3. The molecule has 0 unspecified atom stereocenters. The standard InChI is InChI=1S/C18H17N5/c1-18(2)14-7-4-5-9-16(14)23(3)17(18)15(8-6-10-19)22-13(11-20)12-21/h4-5,7,9H,6,8H2,1-3H3. The lowest BCUT2D eigenvalue weighted by Crippen LogP contribution is -2.25. The van der Waals surface area contributed by atoms with Crippen molar-refractivity contribution in [2.45, 2.75) is 32.1 Å². The van der Waals surface area contributed by atoms with E-state index in [2.05, 4.69) is 31.0 Å². The van der Waals surface area contributed by atoms with Crippen molar-refractivity contribution in [2.24, 2.45) is 4.99 Å². The van der Waals surface area contributed by atoms with Gasteiger partial charge >= 0.3 is 0 Å². The minimum absolute atomic E-state index is 0.189. The van der Waals surface area contributed by atoms with Crippen molar-refractivity contribution >= 4 is 11.4 Å². The summed E-state index contributed by atoms with van der Waals surface area (Å²) in [7, 11) is 1.95. The van der Waals surface area contributed by atoms with Gasteiger partial charge in [0.15, 0.2) is 0 Å². The van der Waals surface area contributed by atoms with Crippen LogP contribution >= 0.6 is 0 Å². The highest BCUT2D eigenvalue weighted by molar-refractivity contribution is 6.10. The van der Waals surface area contributed by atoms with E-state index < -0.39 is 0 Å². The molecule has 0 bridgehead atoms. The van der Waals surface area contributed by atoms with E-state index in [4.69, 9.17) is 15.8 Å². The number of fused-ring (bicyclic) bond motifs is 1. The van der Waals surface area contributed by atoms with Gasteiger partial charge in [-0.2, -0.15) is 15.8 Å². The average molecular weight is 303 g/mol. The highest BCUT2D eigenvalue weighted by atomic mass is 15.2. The molecule has 1 aliphatic heterocycles. The molecule has 1 aromatic carbocycles. The molecule has 0 aromatic heterocycles. The Labute approximate surface area is 136 Å². The Morgan fingerprint density at radius 2 is 1.83 bits per heavy atom. The van der Waals surface area contributed by atoms with Gasteiger partial charge in [0.1, 0.15) is 12.1 Å². The van der Waals surface area contributed by atoms with Crippen LogP contribution in [0.5, 0.6) is 0 Å². The van der Waals surface area contributed by atoms with E-state index >= 15 is 0 Å². The van der Waals surface area contributed by atoms with Gasteiger partial charge in [-0.15, -0.1) is 0 Å². The number of benzene rings is 1. The second-order valence-corrected chi connectivity index (χ2v) is 5.84. The minimum Gasteiger partial charge on any atom is -0.346 e. The van der Waals surface area contributed by atoms with Gasteiger partial charge in [-0.3, -0.25) is 0 Å². The van der Waals surface area contributed by atoms with Crippen molar-refractivity contribution in [3.8, 4) is 18.2 Å². The molecule has 0 N–H and O–H groups in total. The number of hydrogen-bond acceptors (Lipinski definition) is 5. The fourth-order valence-electron chi connectivity index (χ4n) is 3.13. The summed E-state index contributed by atoms with van der Waals surface area (Å²) in [6.07, 6.45) is 0.688. The van der Waals surface area contributed by atoms with Crippen LogP contribution < -0.4 is 4.90 Å². The Bertz CT molecular complexity index is 793. The zero-order valence-electron chi connectivity index (χ0n) is 13.5. The molecule has 1 aliphatic rings. The third kappa shape index (κ3) is 2.80. The molecule has 0 fully saturated rings. The van der Waals surface area contributed by atoms with Gasteiger partial charge in [-0.1, -0.05) is 32.0 Å². The van der Waals surface area contributed by atoms with Gasteiger partial charge in [-0.05, 0) is 11.6 Å². The number of allylic oxidation sites excluding steroid dienone is 2. The van der Waals surface area contributed by atoms with Crippen molar-refractivity contribution < 1.29 is 0 Å². The predicted molar refractivity (Wildman–Crippen MR) is 88.4 cm³/mol. The molecular formula is C18H17N5. The van der Waals surface area contributed by atoms with Gasteiger partial charge in [0.05, 0.1) is 11.8 Å². The zero-order valence-corrected chi connectivity index (χ0v) is 13.5. The summed E-state index contributed by atoms with van der Waals surface area (Å²) in [5.41, 5.74) is 3.29. The van der Waals surface area contributed by atoms with E-state index in [1.54, 1.807) is 12.1 Å². The number of nitrogens with zero attached hydrogens (tertiary/aromatic N) is 5. The summed E-state index contributed by atoms with van der Waals surface area (Å²) >= 11 is 0. The third-order valence-electron chi connectivity index (χ3n) is 4.07. The van der Waals surface area contributed by atoms with Gasteiger partial charge in [0.25, 0.3) is 0 Å². The number of para-hydroxylation sites is 1. The summed E-state index contributed by atoms with van der Waals surface area (Å²) in [4.78, 5) is 6.28. The van der Waals surface area contributed by atoms with E-state index in [0.29, 0.717) is 12.1 Å². The largest absolute Gasteiger partial charge is 0.346 e. The molecule has 5 nitrogen and oxygen atoms in total. The lowest BCUT2D eigenvalue weighted by molar-refractivity contribution is 0.624. The molecule has 0 saturated carbocycles. The van der Waals surface area contributed by atoms with E-state index in [1.165, 1.54) is 0 Å². The molecule has 114 valence electrons. The maximum absolute atomic E-state index is 9.01. The smallest absolute Gasteiger partial charge is 0.218 e. The molecule has 1 aromatic rings. The van der Waals surface area contributed by atoms with Crippen molar-refractivity contribution in [1.82, 2.24) is 0 Å². The van der Waals surface area contributed by atoms with Crippen LogP contribution in [0.3, 0.4) is 0 Å². The molecule has 0 saturated heterocycles. The third-order valence-corrected chi connectivity index (χ3v) is 4.07. The van der Waals surface area contributed by atoms with Crippen LogP contribution in [-0.4, -0.2) is 12.8 Å². The lowest BCUT2D eigenvalue weighted by Gasteiger charge is -2.26. The van der Waals surface area contributed by atoms with Gasteiger partial charge in [0.2, 0.25) is 5.71 Å². The number of rotatable bonds is 3. The van der Waals surface area contributed by atoms with Crippen LogP contribution in [0.25, 0.3) is 0 Å². The fraction of sp³-hybridized carbons (Fsp3) is 0.333. The summed E-state index contributed by atoms with van der Waals surface area (Å²) in [6, 6.07) is 13.8. The van der Waals surface area contributed by atoms with Crippen LogP contribution in [0, 0.1) is 34.0 Å². The Hall–Kier alpha value is -3.10. The molecule has 0 atom stereocenters. The molecule has 2 rings (SSSR count). The van der Waals surface area contributed by atoms with Gasteiger partial charge < -0.3 is 4.90 Å². The molecule has 23 heavy (non-hydrogen) atoms. The molecule has 5 heteroatoms. The Morgan fingerprint density at radius 3 is 2.39 bits per heavy atom. The number of nitriles is 3. The SMILES string of the molecule is CN1C(=C(CCC#N)N=C(C#N)C#N)C(C)(C)c2ccccc21. The normalized spacial score (nSPS) is 16.6. The minimum atomic E-state index is -0.310. The van der Waals surface area contributed by atoms with Gasteiger partial charge in [0, 0.05) is 36.7 Å². The first-order chi connectivity index (χ1) is 11.0. The topological polar surface area (TPSA) is 87.0 Å². The molecule has 0 aliphatic carbocycles. The van der Waals surface area contributed by atoms with Crippen molar-refractivity contribution in [1.29, 1.82) is 15.8 Å². The number of likely N-dealkylation sites (N-methyl/N-ethyl adjacent to an activating group) is 1. The monoisotopic (exact) mass is 303 g/mol. The average Bonchev–Trinajstić information content (AvgIpc) is 2.76. The molecule has 1 heterocycles. The first-order valence-electron chi connectivity index (χ1n) is 7.30. The van der Waals surface area contributed by atoms with E-state index in [0.717, 1.165) is 16.9 Å². The second-order valence-electron chi connectivity index (χ2n) is 5.84. The van der Waals surface area contributed by atoms with Crippen LogP contribution in [0.4, 0.5) is 5.69 Å². The predicted octanol–water partition coefficient (Wildman–Crippen LogP) is 3.42. The van der Waals surface area contributed by atoms with Crippen LogP contribution in [0.2, 0.25) is 0 Å². The first-order valence-corrected chi connectivity index (χ1v) is 7.30. The lowest BCUT2D eigenvalue weighted by atomic mass is 9.82. The fourth-order valence-corrected chi connectivity index (χ4v) is 3.13.